The molecule has 1 saturated carbocycles. The molecule has 1 heterocycles. The second kappa shape index (κ2) is 7.22. The molecule has 1 fully saturated rings. The van der Waals surface area contributed by atoms with Gasteiger partial charge in [-0.05, 0) is 50.1 Å². The zero-order valence-corrected chi connectivity index (χ0v) is 13.4. The lowest BCUT2D eigenvalue weighted by molar-refractivity contribution is 0.00216. The molecular weight excluding hydrogens is 290 g/mol. The van der Waals surface area contributed by atoms with Gasteiger partial charge in [-0.3, -0.25) is 0 Å². The maximum absolute atomic E-state index is 10.6. The van der Waals surface area contributed by atoms with Crippen molar-refractivity contribution in [3.63, 3.8) is 0 Å². The molecule has 0 amide bonds. The van der Waals surface area contributed by atoms with Crippen molar-refractivity contribution in [3.8, 4) is 0 Å². The van der Waals surface area contributed by atoms with Crippen molar-refractivity contribution in [2.45, 2.75) is 51.6 Å². The highest BCUT2D eigenvalue weighted by Crippen LogP contribution is 2.33. The Morgan fingerprint density at radius 1 is 1.14 bits per heavy atom. The fourth-order valence-corrected chi connectivity index (χ4v) is 2.87. The molecule has 0 bridgehead atoms. The van der Waals surface area contributed by atoms with E-state index in [-0.39, 0.29) is 5.28 Å². The molecule has 21 heavy (non-hydrogen) atoms. The minimum atomic E-state index is -0.677. The second-order valence-corrected chi connectivity index (χ2v) is 6.05. The van der Waals surface area contributed by atoms with E-state index in [9.17, 15) is 5.11 Å². The number of nitrogens with zero attached hydrogens (tertiary/aromatic N) is 3. The molecular formula is C14H24ClN5O. The lowest BCUT2D eigenvalue weighted by Crippen LogP contribution is -2.40. The minimum absolute atomic E-state index is 0.144. The van der Waals surface area contributed by atoms with Crippen molar-refractivity contribution in [2.75, 3.05) is 23.7 Å². The zero-order valence-electron chi connectivity index (χ0n) is 12.7. The highest BCUT2D eigenvalue weighted by atomic mass is 35.5. The maximum atomic E-state index is 10.6. The first-order valence-electron chi connectivity index (χ1n) is 7.66. The minimum Gasteiger partial charge on any atom is -0.388 e. The van der Waals surface area contributed by atoms with E-state index in [1.165, 1.54) is 6.42 Å². The number of rotatable bonds is 6. The summed E-state index contributed by atoms with van der Waals surface area (Å²) in [6, 6.07) is 0. The van der Waals surface area contributed by atoms with Gasteiger partial charge in [-0.1, -0.05) is 13.3 Å². The van der Waals surface area contributed by atoms with E-state index < -0.39 is 5.60 Å². The maximum Gasteiger partial charge on any atom is 0.228 e. The zero-order chi connectivity index (χ0) is 15.3. The summed E-state index contributed by atoms with van der Waals surface area (Å²) < 4.78 is 0. The Labute approximate surface area is 130 Å². The molecule has 0 aliphatic heterocycles. The van der Waals surface area contributed by atoms with E-state index in [0.717, 1.165) is 31.6 Å². The predicted molar refractivity (Wildman–Crippen MR) is 84.7 cm³/mol. The van der Waals surface area contributed by atoms with Gasteiger partial charge in [0.15, 0.2) is 0 Å². The summed E-state index contributed by atoms with van der Waals surface area (Å²) in [4.78, 5) is 12.3. The molecule has 1 aromatic rings. The van der Waals surface area contributed by atoms with Crippen LogP contribution in [0.4, 0.5) is 11.9 Å². The van der Waals surface area contributed by atoms with Gasteiger partial charge in [-0.15, -0.1) is 0 Å². The summed E-state index contributed by atoms with van der Waals surface area (Å²) in [5, 5.41) is 16.8. The Morgan fingerprint density at radius 3 is 2.33 bits per heavy atom. The third kappa shape index (κ3) is 4.68. The summed E-state index contributed by atoms with van der Waals surface area (Å²) in [5.74, 6) is 1.59. The molecule has 0 spiro atoms. The average molecular weight is 314 g/mol. The van der Waals surface area contributed by atoms with Crippen molar-refractivity contribution >= 4 is 23.5 Å². The molecule has 2 rings (SSSR count). The van der Waals surface area contributed by atoms with Crippen molar-refractivity contribution < 1.29 is 5.11 Å². The highest BCUT2D eigenvalue weighted by Gasteiger charge is 2.32. The molecule has 1 aromatic heterocycles. The summed E-state index contributed by atoms with van der Waals surface area (Å²) >= 11 is 5.88. The Morgan fingerprint density at radius 2 is 1.76 bits per heavy atom. The Hall–Kier alpha value is -1.14. The predicted octanol–water partition coefficient (Wildman–Crippen LogP) is 2.70. The lowest BCUT2D eigenvalue weighted by Gasteiger charge is -2.35. The van der Waals surface area contributed by atoms with Crippen LogP contribution in [0.3, 0.4) is 0 Å². The molecule has 118 valence electrons. The van der Waals surface area contributed by atoms with E-state index in [1.54, 1.807) is 0 Å². The lowest BCUT2D eigenvalue weighted by atomic mass is 9.78. The van der Waals surface area contributed by atoms with Gasteiger partial charge in [0, 0.05) is 13.1 Å². The summed E-state index contributed by atoms with van der Waals surface area (Å²) in [6.45, 7) is 5.32. The monoisotopic (exact) mass is 313 g/mol. The normalized spacial score (nSPS) is 25.6. The van der Waals surface area contributed by atoms with Gasteiger partial charge in [0.2, 0.25) is 17.2 Å². The number of aromatic nitrogens is 3. The fraction of sp³-hybridized carbons (Fsp3) is 0.786. The quantitative estimate of drug-likeness (QED) is 0.749. The molecule has 0 saturated heterocycles. The van der Waals surface area contributed by atoms with Gasteiger partial charge in [0.1, 0.15) is 0 Å². The number of nitrogens with one attached hydrogen (secondary N) is 2. The Kier molecular flexibility index (Phi) is 5.58. The van der Waals surface area contributed by atoms with Crippen LogP contribution in [0.1, 0.15) is 46.0 Å². The summed E-state index contributed by atoms with van der Waals surface area (Å²) in [5.41, 5.74) is -0.677. The number of hydrogen-bond acceptors (Lipinski definition) is 6. The first-order valence-corrected chi connectivity index (χ1v) is 8.04. The first kappa shape index (κ1) is 16.2. The molecule has 1 aliphatic carbocycles. The van der Waals surface area contributed by atoms with Crippen molar-refractivity contribution in [1.29, 1.82) is 0 Å². The van der Waals surface area contributed by atoms with Crippen molar-refractivity contribution in [1.82, 2.24) is 15.0 Å². The van der Waals surface area contributed by atoms with Crippen LogP contribution < -0.4 is 10.6 Å². The fourth-order valence-electron chi connectivity index (χ4n) is 2.71. The third-order valence-corrected chi connectivity index (χ3v) is 4.30. The second-order valence-electron chi connectivity index (χ2n) is 5.71. The van der Waals surface area contributed by atoms with Gasteiger partial charge >= 0.3 is 0 Å². The molecule has 3 N–H and O–H groups in total. The smallest absolute Gasteiger partial charge is 0.228 e. The molecule has 0 atom stereocenters. The molecule has 6 nitrogen and oxygen atoms in total. The van der Waals surface area contributed by atoms with E-state index >= 15 is 0 Å². The van der Waals surface area contributed by atoms with Crippen LogP contribution in [-0.2, 0) is 0 Å². The largest absolute Gasteiger partial charge is 0.388 e. The topological polar surface area (TPSA) is 83.0 Å². The summed E-state index contributed by atoms with van der Waals surface area (Å²) in [6.07, 6.45) is 4.98. The molecule has 0 unspecified atom stereocenters. The number of anilines is 2. The van der Waals surface area contributed by atoms with Gasteiger partial charge < -0.3 is 15.7 Å². The van der Waals surface area contributed by atoms with Gasteiger partial charge in [-0.2, -0.15) is 15.0 Å². The van der Waals surface area contributed by atoms with E-state index in [0.29, 0.717) is 25.0 Å². The molecule has 0 aromatic carbocycles. The standard InChI is InChI=1S/C14H24ClN5O/c1-3-10-5-7-14(21,8-6-10)9-17-13-19-11(15)18-12(20-13)16-4-2/h10,21H,3-9H2,1-2H3,(H2,16,17,18,19,20). The van der Waals surface area contributed by atoms with E-state index in [1.807, 2.05) is 6.92 Å². The SMILES string of the molecule is CCNc1nc(Cl)nc(NCC2(O)CCC(CC)CC2)n1. The van der Waals surface area contributed by atoms with E-state index in [4.69, 9.17) is 11.6 Å². The van der Waals surface area contributed by atoms with Crippen LogP contribution in [0.2, 0.25) is 5.28 Å². The van der Waals surface area contributed by atoms with Crippen LogP contribution >= 0.6 is 11.6 Å². The Bertz CT molecular complexity index is 463. The summed E-state index contributed by atoms with van der Waals surface area (Å²) in [7, 11) is 0. The van der Waals surface area contributed by atoms with Crippen LogP contribution in [0.5, 0.6) is 0 Å². The van der Waals surface area contributed by atoms with Gasteiger partial charge in [0.05, 0.1) is 5.60 Å². The number of aliphatic hydroxyl groups is 1. The van der Waals surface area contributed by atoms with Crippen molar-refractivity contribution in [2.24, 2.45) is 5.92 Å². The van der Waals surface area contributed by atoms with Crippen LogP contribution in [0, 0.1) is 5.92 Å². The van der Waals surface area contributed by atoms with E-state index in [2.05, 4.69) is 32.5 Å². The molecule has 7 heteroatoms. The first-order chi connectivity index (χ1) is 10.0. The van der Waals surface area contributed by atoms with Gasteiger partial charge in [0.25, 0.3) is 0 Å². The number of hydrogen-bond donors (Lipinski definition) is 3. The third-order valence-electron chi connectivity index (χ3n) is 4.13. The Balaban J connectivity index is 1.93. The molecule has 0 radical (unpaired) electrons. The molecule has 1 aliphatic rings. The average Bonchev–Trinajstić information content (AvgIpc) is 2.46. The van der Waals surface area contributed by atoms with Crippen LogP contribution in [-0.4, -0.2) is 38.7 Å². The number of halogens is 1. The van der Waals surface area contributed by atoms with Gasteiger partial charge in [-0.25, -0.2) is 0 Å². The van der Waals surface area contributed by atoms with Crippen LogP contribution in [0.25, 0.3) is 0 Å². The van der Waals surface area contributed by atoms with Crippen LogP contribution in [0.15, 0.2) is 0 Å². The van der Waals surface area contributed by atoms with Crippen molar-refractivity contribution in [3.05, 3.63) is 5.28 Å². The highest BCUT2D eigenvalue weighted by molar-refractivity contribution is 6.28.